The third-order valence-electron chi connectivity index (χ3n) is 3.43. The minimum absolute atomic E-state index is 0. The van der Waals surface area contributed by atoms with Crippen molar-refractivity contribution in [2.45, 2.75) is 20.0 Å². The van der Waals surface area contributed by atoms with E-state index in [4.69, 9.17) is 4.42 Å². The summed E-state index contributed by atoms with van der Waals surface area (Å²) in [6, 6.07) is 8.15. The number of methoxy groups -OCH3 is 1. The molecule has 0 aliphatic heterocycles. The molecule has 0 fully saturated rings. The lowest BCUT2D eigenvalue weighted by Gasteiger charge is -2.11. The first-order valence-electron chi connectivity index (χ1n) is 7.40. The van der Waals surface area contributed by atoms with Crippen molar-refractivity contribution in [3.63, 3.8) is 0 Å². The van der Waals surface area contributed by atoms with E-state index < -0.39 is 5.97 Å². The third kappa shape index (κ3) is 5.73. The zero-order valence-corrected chi connectivity index (χ0v) is 16.6. The average molecular weight is 461 g/mol. The number of hydrogen-bond donors (Lipinski definition) is 2. The highest BCUT2D eigenvalue weighted by atomic mass is 127. The van der Waals surface area contributed by atoms with Gasteiger partial charge in [-0.1, -0.05) is 18.2 Å². The molecule has 6 nitrogen and oxygen atoms in total. The monoisotopic (exact) mass is 461 g/mol. The first-order chi connectivity index (χ1) is 11.5. The highest BCUT2D eigenvalue weighted by Gasteiger charge is 2.15. The van der Waals surface area contributed by atoms with Crippen LogP contribution in [-0.2, 0) is 17.8 Å². The Balaban J connectivity index is 0.00000312. The molecule has 0 saturated carbocycles. The Kier molecular flexibility index (Phi) is 8.39. The number of esters is 1. The van der Waals surface area contributed by atoms with E-state index >= 15 is 0 Å². The van der Waals surface area contributed by atoms with Gasteiger partial charge in [0.05, 0.1) is 13.7 Å². The lowest BCUT2D eigenvalue weighted by molar-refractivity contribution is 0.0599. The number of carbonyl (C=O) groups excluding carboxylic acids is 1. The predicted molar refractivity (Wildman–Crippen MR) is 104 cm³/mol. The van der Waals surface area contributed by atoms with Crippen molar-refractivity contribution in [1.82, 2.24) is 10.6 Å². The quantitative estimate of drug-likeness (QED) is 0.310. The van der Waals surface area contributed by atoms with Crippen molar-refractivity contribution < 1.29 is 18.3 Å². The number of rotatable bonds is 5. The van der Waals surface area contributed by atoms with Crippen LogP contribution >= 0.6 is 24.0 Å². The van der Waals surface area contributed by atoms with Crippen LogP contribution in [0.15, 0.2) is 39.7 Å². The topological polar surface area (TPSA) is 75.9 Å². The largest absolute Gasteiger partial charge is 0.465 e. The van der Waals surface area contributed by atoms with E-state index in [0.29, 0.717) is 41.7 Å². The lowest BCUT2D eigenvalue weighted by atomic mass is 10.2. The molecule has 0 aliphatic rings. The van der Waals surface area contributed by atoms with Gasteiger partial charge in [0.25, 0.3) is 0 Å². The number of benzene rings is 1. The smallest absolute Gasteiger partial charge is 0.341 e. The summed E-state index contributed by atoms with van der Waals surface area (Å²) in [7, 11) is 2.94. The Bertz CT molecular complexity index is 746. The predicted octanol–water partition coefficient (Wildman–Crippen LogP) is 3.00. The molecule has 1 aromatic heterocycles. The van der Waals surface area contributed by atoms with Gasteiger partial charge in [-0.15, -0.1) is 24.0 Å². The standard InChI is InChI=1S/C17H20FN3O3.HI/c1-11-14(16(22)23-3)8-13(24-11)10-21-17(19-2)20-9-12-6-4-5-7-15(12)18;/h4-8H,9-10H2,1-3H3,(H2,19,20,21);1H. The second-order valence-electron chi connectivity index (χ2n) is 5.04. The number of nitrogens with zero attached hydrogens (tertiary/aromatic N) is 1. The van der Waals surface area contributed by atoms with Crippen LogP contribution in [0.25, 0.3) is 0 Å². The maximum atomic E-state index is 13.6. The molecule has 25 heavy (non-hydrogen) atoms. The molecule has 136 valence electrons. The number of furan rings is 1. The number of aliphatic imine (C=N–C) groups is 1. The van der Waals surface area contributed by atoms with Crippen LogP contribution in [0, 0.1) is 12.7 Å². The van der Waals surface area contributed by atoms with Crippen molar-refractivity contribution in [3.05, 3.63) is 58.8 Å². The second kappa shape index (κ2) is 10.0. The fraction of sp³-hybridized carbons (Fsp3) is 0.294. The molecular formula is C17H21FIN3O3. The van der Waals surface area contributed by atoms with Gasteiger partial charge in [-0.05, 0) is 19.1 Å². The van der Waals surface area contributed by atoms with E-state index in [-0.39, 0.29) is 29.8 Å². The summed E-state index contributed by atoms with van der Waals surface area (Å²) in [4.78, 5) is 15.6. The molecule has 1 aromatic carbocycles. The summed E-state index contributed by atoms with van der Waals surface area (Å²) in [5.41, 5.74) is 0.936. The fourth-order valence-corrected chi connectivity index (χ4v) is 2.16. The molecule has 0 unspecified atom stereocenters. The minimum Gasteiger partial charge on any atom is -0.465 e. The van der Waals surface area contributed by atoms with Crippen LogP contribution in [0.1, 0.15) is 27.4 Å². The third-order valence-corrected chi connectivity index (χ3v) is 3.43. The molecule has 2 aromatic rings. The zero-order valence-electron chi connectivity index (χ0n) is 14.3. The normalized spacial score (nSPS) is 10.8. The maximum absolute atomic E-state index is 13.6. The molecule has 0 bridgehead atoms. The number of ether oxygens (including phenoxy) is 1. The summed E-state index contributed by atoms with van der Waals surface area (Å²) in [5, 5.41) is 6.06. The Labute approximate surface area is 162 Å². The van der Waals surface area contributed by atoms with Crippen molar-refractivity contribution in [2.75, 3.05) is 14.2 Å². The van der Waals surface area contributed by atoms with Gasteiger partial charge in [0, 0.05) is 19.2 Å². The summed E-state index contributed by atoms with van der Waals surface area (Å²) in [6.45, 7) is 2.33. The van der Waals surface area contributed by atoms with E-state index in [1.54, 1.807) is 38.2 Å². The van der Waals surface area contributed by atoms with Crippen LogP contribution < -0.4 is 10.6 Å². The molecule has 0 atom stereocenters. The minimum atomic E-state index is -0.440. The van der Waals surface area contributed by atoms with Crippen LogP contribution in [-0.4, -0.2) is 26.1 Å². The molecule has 2 N–H and O–H groups in total. The van der Waals surface area contributed by atoms with Gasteiger partial charge < -0.3 is 19.8 Å². The van der Waals surface area contributed by atoms with E-state index in [9.17, 15) is 9.18 Å². The maximum Gasteiger partial charge on any atom is 0.341 e. The Hall–Kier alpha value is -2.10. The average Bonchev–Trinajstić information content (AvgIpc) is 2.96. The number of aryl methyl sites for hydroxylation is 1. The second-order valence-corrected chi connectivity index (χ2v) is 5.04. The molecule has 0 spiro atoms. The molecule has 0 radical (unpaired) electrons. The van der Waals surface area contributed by atoms with Crippen LogP contribution in [0.5, 0.6) is 0 Å². The Morgan fingerprint density at radius 1 is 1.28 bits per heavy atom. The van der Waals surface area contributed by atoms with Crippen LogP contribution in [0.3, 0.4) is 0 Å². The Morgan fingerprint density at radius 2 is 1.96 bits per heavy atom. The van der Waals surface area contributed by atoms with Crippen molar-refractivity contribution in [2.24, 2.45) is 4.99 Å². The lowest BCUT2D eigenvalue weighted by Crippen LogP contribution is -2.36. The van der Waals surface area contributed by atoms with Gasteiger partial charge in [0.1, 0.15) is 22.9 Å². The van der Waals surface area contributed by atoms with Gasteiger partial charge in [-0.25, -0.2) is 9.18 Å². The van der Waals surface area contributed by atoms with E-state index in [2.05, 4.69) is 20.4 Å². The SMILES string of the molecule is CN=C(NCc1cc(C(=O)OC)c(C)o1)NCc1ccccc1F.I. The molecule has 0 aliphatic carbocycles. The summed E-state index contributed by atoms with van der Waals surface area (Å²) in [5.74, 6) is 0.844. The molecule has 2 rings (SSSR count). The van der Waals surface area contributed by atoms with Crippen molar-refractivity contribution in [1.29, 1.82) is 0 Å². The van der Waals surface area contributed by atoms with E-state index in [1.807, 2.05) is 0 Å². The number of carbonyl (C=O) groups is 1. The molecule has 0 saturated heterocycles. The summed E-state index contributed by atoms with van der Waals surface area (Å²) in [6.07, 6.45) is 0. The van der Waals surface area contributed by atoms with E-state index in [0.717, 1.165) is 0 Å². The number of nitrogens with one attached hydrogen (secondary N) is 2. The number of hydrogen-bond acceptors (Lipinski definition) is 4. The van der Waals surface area contributed by atoms with Crippen LogP contribution in [0.2, 0.25) is 0 Å². The van der Waals surface area contributed by atoms with Crippen LogP contribution in [0.4, 0.5) is 4.39 Å². The van der Waals surface area contributed by atoms with Gasteiger partial charge in [-0.2, -0.15) is 0 Å². The first kappa shape index (κ1) is 20.9. The Morgan fingerprint density at radius 3 is 2.60 bits per heavy atom. The molecular weight excluding hydrogens is 440 g/mol. The highest BCUT2D eigenvalue weighted by molar-refractivity contribution is 14.0. The number of halogens is 2. The molecule has 0 amide bonds. The molecule has 8 heteroatoms. The fourth-order valence-electron chi connectivity index (χ4n) is 2.16. The summed E-state index contributed by atoms with van der Waals surface area (Å²) < 4.78 is 23.8. The van der Waals surface area contributed by atoms with Gasteiger partial charge in [0.2, 0.25) is 0 Å². The van der Waals surface area contributed by atoms with Crippen molar-refractivity contribution >= 4 is 35.9 Å². The first-order valence-corrected chi connectivity index (χ1v) is 7.40. The highest BCUT2D eigenvalue weighted by Crippen LogP contribution is 2.15. The van der Waals surface area contributed by atoms with Crippen molar-refractivity contribution in [3.8, 4) is 0 Å². The summed E-state index contributed by atoms with van der Waals surface area (Å²) >= 11 is 0. The number of guanidine groups is 1. The van der Waals surface area contributed by atoms with Gasteiger partial charge in [-0.3, -0.25) is 4.99 Å². The molecule has 1 heterocycles. The van der Waals surface area contributed by atoms with Gasteiger partial charge >= 0.3 is 5.97 Å². The van der Waals surface area contributed by atoms with E-state index in [1.165, 1.54) is 13.2 Å². The van der Waals surface area contributed by atoms with Gasteiger partial charge in [0.15, 0.2) is 5.96 Å². The zero-order chi connectivity index (χ0) is 17.5.